The Morgan fingerprint density at radius 1 is 1.64 bits per heavy atom. The highest BCUT2D eigenvalue weighted by Crippen LogP contribution is 2.28. The Labute approximate surface area is 78.7 Å². The molecule has 0 aliphatic heterocycles. The second-order valence-electron chi connectivity index (χ2n) is 2.47. The fraction of sp³-hybridized carbons (Fsp3) is 0.250. The summed E-state index contributed by atoms with van der Waals surface area (Å²) < 4.78 is 29.5. The fourth-order valence-corrected chi connectivity index (χ4v) is 1.02. The molecular weight excluding hydrogens is 194 g/mol. The van der Waals surface area contributed by atoms with Crippen molar-refractivity contribution < 1.29 is 18.3 Å². The molecule has 0 spiro atoms. The van der Waals surface area contributed by atoms with Gasteiger partial charge < -0.3 is 10.5 Å². The Hall–Kier alpha value is -1.72. The van der Waals surface area contributed by atoms with E-state index in [4.69, 9.17) is 10.5 Å². The number of nitrogen functional groups attached to an aromatic ring is 1. The van der Waals surface area contributed by atoms with E-state index >= 15 is 0 Å². The van der Waals surface area contributed by atoms with E-state index in [0.29, 0.717) is 0 Å². The molecular formula is C8H8F2N2O2. The van der Waals surface area contributed by atoms with E-state index in [1.165, 1.54) is 13.2 Å². The maximum atomic E-state index is 12.4. The number of hydrogen-bond acceptors (Lipinski definition) is 4. The molecule has 0 radical (unpaired) electrons. The third-order valence-electron chi connectivity index (χ3n) is 1.61. The van der Waals surface area contributed by atoms with Crippen molar-refractivity contribution in [3.05, 3.63) is 17.3 Å². The number of aromatic nitrogens is 1. The summed E-state index contributed by atoms with van der Waals surface area (Å²) in [6.07, 6.45) is -2.58. The van der Waals surface area contributed by atoms with Gasteiger partial charge in [0, 0.05) is 6.07 Å². The number of rotatable bonds is 3. The second-order valence-corrected chi connectivity index (χ2v) is 2.47. The Kier molecular flexibility index (Phi) is 2.95. The number of methoxy groups -OCH3 is 1. The number of halogens is 2. The van der Waals surface area contributed by atoms with Crippen LogP contribution in [0.2, 0.25) is 0 Å². The van der Waals surface area contributed by atoms with Crippen LogP contribution in [0.25, 0.3) is 0 Å². The van der Waals surface area contributed by atoms with E-state index in [1.807, 2.05) is 0 Å². The van der Waals surface area contributed by atoms with Crippen LogP contribution in [0.3, 0.4) is 0 Å². The molecule has 0 aliphatic carbocycles. The van der Waals surface area contributed by atoms with Gasteiger partial charge in [-0.3, -0.25) is 4.79 Å². The number of pyridine rings is 1. The topological polar surface area (TPSA) is 65.2 Å². The highest BCUT2D eigenvalue weighted by Gasteiger charge is 2.19. The molecule has 6 heteroatoms. The highest BCUT2D eigenvalue weighted by atomic mass is 19.3. The summed E-state index contributed by atoms with van der Waals surface area (Å²) in [4.78, 5) is 13.9. The van der Waals surface area contributed by atoms with Gasteiger partial charge in [0.15, 0.2) is 6.29 Å². The van der Waals surface area contributed by atoms with E-state index in [-0.39, 0.29) is 23.4 Å². The molecule has 76 valence electrons. The Morgan fingerprint density at radius 3 is 2.71 bits per heavy atom. The number of carbonyl (C=O) groups excluding carboxylic acids is 1. The van der Waals surface area contributed by atoms with E-state index in [9.17, 15) is 13.6 Å². The van der Waals surface area contributed by atoms with Crippen LogP contribution in [0.5, 0.6) is 5.75 Å². The molecule has 0 amide bonds. The summed E-state index contributed by atoms with van der Waals surface area (Å²) >= 11 is 0. The maximum Gasteiger partial charge on any atom is 0.281 e. The predicted molar refractivity (Wildman–Crippen MR) is 45.5 cm³/mol. The first-order valence-corrected chi connectivity index (χ1v) is 3.68. The van der Waals surface area contributed by atoms with Crippen molar-refractivity contribution in [2.75, 3.05) is 12.8 Å². The molecule has 0 saturated heterocycles. The van der Waals surface area contributed by atoms with Gasteiger partial charge in [-0.15, -0.1) is 0 Å². The average molecular weight is 202 g/mol. The largest absolute Gasteiger partial charge is 0.496 e. The molecule has 0 aliphatic rings. The Bertz CT molecular complexity index is 355. The molecule has 1 aromatic heterocycles. The van der Waals surface area contributed by atoms with Gasteiger partial charge >= 0.3 is 0 Å². The van der Waals surface area contributed by atoms with E-state index in [2.05, 4.69) is 4.98 Å². The van der Waals surface area contributed by atoms with Crippen molar-refractivity contribution in [2.24, 2.45) is 0 Å². The van der Waals surface area contributed by atoms with Crippen LogP contribution in [0.15, 0.2) is 6.07 Å². The molecule has 0 aromatic carbocycles. The molecule has 1 rings (SSSR count). The smallest absolute Gasteiger partial charge is 0.281 e. The number of aldehydes is 1. The molecule has 2 N–H and O–H groups in total. The van der Waals surface area contributed by atoms with Crippen molar-refractivity contribution in [3.63, 3.8) is 0 Å². The number of nitrogens with two attached hydrogens (primary N) is 1. The summed E-state index contributed by atoms with van der Waals surface area (Å²) in [5, 5.41) is 0. The molecule has 0 saturated carbocycles. The Morgan fingerprint density at radius 2 is 2.29 bits per heavy atom. The fourth-order valence-electron chi connectivity index (χ4n) is 1.02. The number of carbonyl (C=O) groups is 1. The minimum absolute atomic E-state index is 0.00259. The first-order valence-electron chi connectivity index (χ1n) is 3.68. The van der Waals surface area contributed by atoms with Gasteiger partial charge in [-0.2, -0.15) is 0 Å². The van der Waals surface area contributed by atoms with Crippen molar-refractivity contribution >= 4 is 12.1 Å². The molecule has 1 heterocycles. The van der Waals surface area contributed by atoms with Crippen molar-refractivity contribution in [2.45, 2.75) is 6.43 Å². The van der Waals surface area contributed by atoms with Crippen LogP contribution in [0.4, 0.5) is 14.6 Å². The molecule has 14 heavy (non-hydrogen) atoms. The van der Waals surface area contributed by atoms with Crippen molar-refractivity contribution in [1.29, 1.82) is 0 Å². The molecule has 0 bridgehead atoms. The van der Waals surface area contributed by atoms with E-state index < -0.39 is 12.1 Å². The van der Waals surface area contributed by atoms with Crippen LogP contribution < -0.4 is 10.5 Å². The lowest BCUT2D eigenvalue weighted by Crippen LogP contribution is -2.04. The monoisotopic (exact) mass is 202 g/mol. The highest BCUT2D eigenvalue weighted by molar-refractivity contribution is 5.81. The van der Waals surface area contributed by atoms with Gasteiger partial charge in [0.1, 0.15) is 17.3 Å². The Balaban J connectivity index is 3.39. The first-order chi connectivity index (χ1) is 6.60. The van der Waals surface area contributed by atoms with Crippen molar-refractivity contribution in [1.82, 2.24) is 4.98 Å². The summed E-state index contributed by atoms with van der Waals surface area (Å²) in [5.74, 6) is -0.106. The number of hydrogen-bond donors (Lipinski definition) is 1. The van der Waals surface area contributed by atoms with Gasteiger partial charge in [-0.25, -0.2) is 13.8 Å². The van der Waals surface area contributed by atoms with Crippen LogP contribution in [0.1, 0.15) is 22.5 Å². The third kappa shape index (κ3) is 1.78. The van der Waals surface area contributed by atoms with Crippen LogP contribution in [0, 0.1) is 0 Å². The summed E-state index contributed by atoms with van der Waals surface area (Å²) in [5.41, 5.74) is 4.33. The van der Waals surface area contributed by atoms with E-state index in [1.54, 1.807) is 0 Å². The van der Waals surface area contributed by atoms with Gasteiger partial charge in [-0.1, -0.05) is 0 Å². The SMILES string of the molecule is COc1cc(N)nc(C(F)F)c1C=O. The summed E-state index contributed by atoms with van der Waals surface area (Å²) in [7, 11) is 1.26. The van der Waals surface area contributed by atoms with Crippen molar-refractivity contribution in [3.8, 4) is 5.75 Å². The van der Waals surface area contributed by atoms with Gasteiger partial charge in [0.2, 0.25) is 0 Å². The van der Waals surface area contributed by atoms with Crippen LogP contribution in [-0.2, 0) is 0 Å². The molecule has 0 atom stereocenters. The van der Waals surface area contributed by atoms with E-state index in [0.717, 1.165) is 0 Å². The summed E-state index contributed by atoms with van der Waals surface area (Å²) in [6, 6.07) is 1.22. The number of nitrogens with zero attached hydrogens (tertiary/aromatic N) is 1. The number of anilines is 1. The standard InChI is InChI=1S/C8H8F2N2O2/c1-14-5-2-6(11)12-7(8(9)10)4(5)3-13/h2-3,8H,1H3,(H2,11,12). The normalized spacial score (nSPS) is 10.3. The van der Waals surface area contributed by atoms with Crippen LogP contribution in [-0.4, -0.2) is 18.4 Å². The lowest BCUT2D eigenvalue weighted by molar-refractivity contribution is 0.110. The lowest BCUT2D eigenvalue weighted by Gasteiger charge is -2.08. The quantitative estimate of drug-likeness (QED) is 0.753. The summed E-state index contributed by atoms with van der Waals surface area (Å²) in [6.45, 7) is 0. The first kappa shape index (κ1) is 10.4. The van der Waals surface area contributed by atoms with Crippen LogP contribution >= 0.6 is 0 Å². The maximum absolute atomic E-state index is 12.4. The number of alkyl halides is 2. The second kappa shape index (κ2) is 3.99. The predicted octanol–water partition coefficient (Wildman–Crippen LogP) is 1.42. The third-order valence-corrected chi connectivity index (χ3v) is 1.61. The van der Waals surface area contributed by atoms with Gasteiger partial charge in [0.25, 0.3) is 6.43 Å². The average Bonchev–Trinajstić information content (AvgIpc) is 2.16. The number of ether oxygens (including phenoxy) is 1. The van der Waals surface area contributed by atoms with Gasteiger partial charge in [-0.05, 0) is 0 Å². The zero-order chi connectivity index (χ0) is 10.7. The van der Waals surface area contributed by atoms with Gasteiger partial charge in [0.05, 0.1) is 12.7 Å². The zero-order valence-corrected chi connectivity index (χ0v) is 7.33. The molecule has 0 fully saturated rings. The minimum atomic E-state index is -2.85. The molecule has 1 aromatic rings. The molecule has 4 nitrogen and oxygen atoms in total. The minimum Gasteiger partial charge on any atom is -0.496 e. The zero-order valence-electron chi connectivity index (χ0n) is 7.33. The molecule has 0 unspecified atom stereocenters. The lowest BCUT2D eigenvalue weighted by atomic mass is 10.2.